The molecular formula is C21H19FN2O3. The first-order valence-corrected chi connectivity index (χ1v) is 8.65. The predicted molar refractivity (Wildman–Crippen MR) is 100 cm³/mol. The van der Waals surface area contributed by atoms with Crippen molar-refractivity contribution in [3.05, 3.63) is 58.9 Å². The maximum absolute atomic E-state index is 13.7. The molecule has 1 atom stereocenters. The average molecular weight is 366 g/mol. The van der Waals surface area contributed by atoms with Crippen LogP contribution in [0.4, 0.5) is 10.1 Å². The van der Waals surface area contributed by atoms with Crippen LogP contribution in [-0.4, -0.2) is 18.6 Å². The highest BCUT2D eigenvalue weighted by Gasteiger charge is 2.22. The van der Waals surface area contributed by atoms with E-state index in [4.69, 9.17) is 9.47 Å². The first-order valence-electron chi connectivity index (χ1n) is 8.65. The number of ether oxygens (including phenoxy) is 2. The first-order chi connectivity index (χ1) is 13.0. The fraction of sp³-hybridized carbons (Fsp3) is 0.238. The monoisotopic (exact) mass is 366 g/mol. The molecule has 138 valence electrons. The van der Waals surface area contributed by atoms with Crippen LogP contribution in [0.15, 0.2) is 42.0 Å². The SMILES string of the molecule is CCOc1cc2c(cc1/C=C(\C#N)C(=O)Nc1ccccc1F)O[C@@H](C)C2. The molecule has 1 heterocycles. The Morgan fingerprint density at radius 3 is 2.93 bits per heavy atom. The van der Waals surface area contributed by atoms with Crippen molar-refractivity contribution in [1.82, 2.24) is 0 Å². The molecule has 3 rings (SSSR count). The summed E-state index contributed by atoms with van der Waals surface area (Å²) in [6.07, 6.45) is 2.26. The van der Waals surface area contributed by atoms with Gasteiger partial charge < -0.3 is 14.8 Å². The Balaban J connectivity index is 1.93. The van der Waals surface area contributed by atoms with E-state index < -0.39 is 11.7 Å². The van der Waals surface area contributed by atoms with Crippen molar-refractivity contribution < 1.29 is 18.7 Å². The second-order valence-corrected chi connectivity index (χ2v) is 6.17. The highest BCUT2D eigenvalue weighted by atomic mass is 19.1. The number of nitrogens with one attached hydrogen (secondary N) is 1. The van der Waals surface area contributed by atoms with Crippen LogP contribution in [0.3, 0.4) is 0 Å². The lowest BCUT2D eigenvalue weighted by Gasteiger charge is -2.11. The normalized spacial score (nSPS) is 15.5. The van der Waals surface area contributed by atoms with Gasteiger partial charge in [0, 0.05) is 17.5 Å². The van der Waals surface area contributed by atoms with Crippen molar-refractivity contribution in [2.45, 2.75) is 26.4 Å². The van der Waals surface area contributed by atoms with Gasteiger partial charge >= 0.3 is 0 Å². The summed E-state index contributed by atoms with van der Waals surface area (Å²) in [5, 5.41) is 11.8. The fourth-order valence-corrected chi connectivity index (χ4v) is 2.90. The third-order valence-electron chi connectivity index (χ3n) is 4.12. The van der Waals surface area contributed by atoms with Crippen LogP contribution in [0.1, 0.15) is 25.0 Å². The quantitative estimate of drug-likeness (QED) is 0.639. The molecule has 0 fully saturated rings. The zero-order chi connectivity index (χ0) is 19.4. The third kappa shape index (κ3) is 4.09. The molecule has 0 unspecified atom stereocenters. The highest BCUT2D eigenvalue weighted by Crippen LogP contribution is 2.36. The van der Waals surface area contributed by atoms with Gasteiger partial charge in [0.25, 0.3) is 5.91 Å². The molecule has 1 aliphatic rings. The molecule has 2 aromatic carbocycles. The number of amides is 1. The number of nitrogens with zero attached hydrogens (tertiary/aromatic N) is 1. The Morgan fingerprint density at radius 1 is 1.44 bits per heavy atom. The van der Waals surface area contributed by atoms with E-state index in [0.29, 0.717) is 23.7 Å². The summed E-state index contributed by atoms with van der Waals surface area (Å²) in [7, 11) is 0. The smallest absolute Gasteiger partial charge is 0.266 e. The molecule has 0 aromatic heterocycles. The Labute approximate surface area is 157 Å². The zero-order valence-electron chi connectivity index (χ0n) is 15.1. The Bertz CT molecular complexity index is 947. The number of rotatable bonds is 5. The van der Waals surface area contributed by atoms with E-state index in [-0.39, 0.29) is 17.4 Å². The lowest BCUT2D eigenvalue weighted by Crippen LogP contribution is -2.14. The van der Waals surface area contributed by atoms with Crippen molar-refractivity contribution in [3.8, 4) is 17.6 Å². The van der Waals surface area contributed by atoms with Gasteiger partial charge in [-0.1, -0.05) is 12.1 Å². The number of fused-ring (bicyclic) bond motifs is 1. The van der Waals surface area contributed by atoms with Crippen molar-refractivity contribution in [2.75, 3.05) is 11.9 Å². The Kier molecular flexibility index (Phi) is 5.41. The molecule has 1 amide bonds. The molecule has 6 heteroatoms. The van der Waals surface area contributed by atoms with Crippen LogP contribution in [0.25, 0.3) is 6.08 Å². The number of hydrogen-bond acceptors (Lipinski definition) is 4. The maximum Gasteiger partial charge on any atom is 0.266 e. The summed E-state index contributed by atoms with van der Waals surface area (Å²) in [6, 6.07) is 11.3. The number of halogens is 1. The first kappa shape index (κ1) is 18.5. The molecule has 0 aliphatic carbocycles. The number of hydrogen-bond donors (Lipinski definition) is 1. The molecule has 5 nitrogen and oxygen atoms in total. The lowest BCUT2D eigenvalue weighted by molar-refractivity contribution is -0.112. The number of carbonyl (C=O) groups excluding carboxylic acids is 1. The molecule has 27 heavy (non-hydrogen) atoms. The van der Waals surface area contributed by atoms with Gasteiger partial charge in [-0.15, -0.1) is 0 Å². The molecule has 0 radical (unpaired) electrons. The summed E-state index contributed by atoms with van der Waals surface area (Å²) in [6.45, 7) is 4.27. The Morgan fingerprint density at radius 2 is 2.22 bits per heavy atom. The summed E-state index contributed by atoms with van der Waals surface area (Å²) < 4.78 is 25.2. The average Bonchev–Trinajstić information content (AvgIpc) is 3.00. The summed E-state index contributed by atoms with van der Waals surface area (Å²) in [5.41, 5.74) is 1.44. The molecule has 0 spiro atoms. The van der Waals surface area contributed by atoms with Crippen molar-refractivity contribution >= 4 is 17.7 Å². The van der Waals surface area contributed by atoms with Crippen molar-refractivity contribution in [1.29, 1.82) is 5.26 Å². The molecule has 1 aliphatic heterocycles. The van der Waals surface area contributed by atoms with Crippen molar-refractivity contribution in [3.63, 3.8) is 0 Å². The number of anilines is 1. The van der Waals surface area contributed by atoms with Gasteiger partial charge in [0.05, 0.1) is 12.3 Å². The lowest BCUT2D eigenvalue weighted by atomic mass is 10.0. The number of nitriles is 1. The summed E-state index contributed by atoms with van der Waals surface area (Å²) in [5.74, 6) is 0.0160. The predicted octanol–water partition coefficient (Wildman–Crippen LogP) is 4.09. The van der Waals surface area contributed by atoms with E-state index in [1.165, 1.54) is 24.3 Å². The fourth-order valence-electron chi connectivity index (χ4n) is 2.90. The van der Waals surface area contributed by atoms with Crippen LogP contribution >= 0.6 is 0 Å². The van der Waals surface area contributed by atoms with Gasteiger partial charge in [0.15, 0.2) is 0 Å². The van der Waals surface area contributed by atoms with Gasteiger partial charge in [0.1, 0.15) is 35.1 Å². The van der Waals surface area contributed by atoms with Crippen LogP contribution in [0.5, 0.6) is 11.5 Å². The summed E-state index contributed by atoms with van der Waals surface area (Å²) >= 11 is 0. The molecule has 0 saturated heterocycles. The van der Waals surface area contributed by atoms with E-state index in [1.807, 2.05) is 26.0 Å². The largest absolute Gasteiger partial charge is 0.493 e. The molecule has 2 aromatic rings. The van der Waals surface area contributed by atoms with Gasteiger partial charge in [-0.05, 0) is 44.2 Å². The minimum absolute atomic E-state index is 0.0137. The summed E-state index contributed by atoms with van der Waals surface area (Å²) in [4.78, 5) is 12.4. The minimum atomic E-state index is -0.695. The zero-order valence-corrected chi connectivity index (χ0v) is 15.1. The van der Waals surface area contributed by atoms with Gasteiger partial charge in [0.2, 0.25) is 0 Å². The van der Waals surface area contributed by atoms with E-state index >= 15 is 0 Å². The maximum atomic E-state index is 13.7. The standard InChI is InChI=1S/C21H19FN2O3/c1-3-26-19-10-14-8-13(2)27-20(14)11-15(19)9-16(12-23)21(25)24-18-7-5-4-6-17(18)22/h4-7,9-11,13H,3,8H2,1-2H3,(H,24,25)/b16-9+/t13-/m0/s1. The Hall–Kier alpha value is -3.33. The molecule has 0 saturated carbocycles. The van der Waals surface area contributed by atoms with Crippen LogP contribution in [-0.2, 0) is 11.2 Å². The van der Waals surface area contributed by atoms with Crippen LogP contribution in [0.2, 0.25) is 0 Å². The second-order valence-electron chi connectivity index (χ2n) is 6.17. The van der Waals surface area contributed by atoms with Gasteiger partial charge in [-0.3, -0.25) is 4.79 Å². The van der Waals surface area contributed by atoms with E-state index in [9.17, 15) is 14.4 Å². The second kappa shape index (κ2) is 7.92. The minimum Gasteiger partial charge on any atom is -0.493 e. The van der Waals surface area contributed by atoms with E-state index in [2.05, 4.69) is 5.32 Å². The van der Waals surface area contributed by atoms with E-state index in [0.717, 1.165) is 12.0 Å². The van der Waals surface area contributed by atoms with Crippen LogP contribution in [0, 0.1) is 17.1 Å². The van der Waals surface area contributed by atoms with Crippen LogP contribution < -0.4 is 14.8 Å². The number of carbonyl (C=O) groups is 1. The van der Waals surface area contributed by atoms with Gasteiger partial charge in [-0.2, -0.15) is 5.26 Å². The van der Waals surface area contributed by atoms with E-state index in [1.54, 1.807) is 12.1 Å². The highest BCUT2D eigenvalue weighted by molar-refractivity contribution is 6.09. The third-order valence-corrected chi connectivity index (χ3v) is 4.12. The molecular weight excluding hydrogens is 347 g/mol. The number of para-hydroxylation sites is 1. The van der Waals surface area contributed by atoms with Crippen molar-refractivity contribution in [2.24, 2.45) is 0 Å². The topological polar surface area (TPSA) is 71.3 Å². The molecule has 1 N–H and O–H groups in total. The molecule has 0 bridgehead atoms. The van der Waals surface area contributed by atoms with Gasteiger partial charge in [-0.25, -0.2) is 4.39 Å². The number of benzene rings is 2.